The Morgan fingerprint density at radius 2 is 1.94 bits per heavy atom. The van der Waals surface area contributed by atoms with E-state index in [1.165, 1.54) is 25.3 Å². The van der Waals surface area contributed by atoms with Gasteiger partial charge in [-0.2, -0.15) is 5.10 Å². The van der Waals surface area contributed by atoms with Gasteiger partial charge < -0.3 is 14.5 Å². The Hall–Kier alpha value is -4.46. The van der Waals surface area contributed by atoms with E-state index in [0.717, 1.165) is 33.7 Å². The number of nitrogens with one attached hydrogen (secondary N) is 1. The predicted octanol–water partition coefficient (Wildman–Crippen LogP) is 5.75. The van der Waals surface area contributed by atoms with Gasteiger partial charge in [-0.25, -0.2) is 9.18 Å². The maximum absolute atomic E-state index is 13.8. The summed E-state index contributed by atoms with van der Waals surface area (Å²) in [6.45, 7) is 3.78. The lowest BCUT2D eigenvalue weighted by molar-refractivity contribution is 0.0601. The van der Waals surface area contributed by atoms with Crippen molar-refractivity contribution in [3.05, 3.63) is 93.5 Å². The fourth-order valence-corrected chi connectivity index (χ4v) is 4.43. The van der Waals surface area contributed by atoms with E-state index in [1.54, 1.807) is 10.7 Å². The van der Waals surface area contributed by atoms with Crippen LogP contribution in [0.25, 0.3) is 33.2 Å². The van der Waals surface area contributed by atoms with Crippen molar-refractivity contribution in [2.24, 2.45) is 7.05 Å². The number of hydrogen-bond donors (Lipinski definition) is 1. The molecule has 8 heteroatoms. The molecular weight excluding hydrogens is 461 g/mol. The summed E-state index contributed by atoms with van der Waals surface area (Å²) < 4.78 is 26.7. The molecule has 7 nitrogen and oxygen atoms in total. The number of hydrogen-bond acceptors (Lipinski definition) is 6. The Morgan fingerprint density at radius 3 is 2.72 bits per heavy atom. The molecule has 0 spiro atoms. The zero-order valence-electron chi connectivity index (χ0n) is 20.3. The number of anilines is 1. The van der Waals surface area contributed by atoms with Crippen LogP contribution in [0.2, 0.25) is 0 Å². The maximum atomic E-state index is 13.8. The number of carbonyl (C=O) groups excluding carboxylic acids is 1. The number of esters is 1. The van der Waals surface area contributed by atoms with Gasteiger partial charge in [-0.1, -0.05) is 6.07 Å². The van der Waals surface area contributed by atoms with Crippen LogP contribution in [0.4, 0.5) is 10.1 Å². The summed E-state index contributed by atoms with van der Waals surface area (Å²) in [6.07, 6.45) is 1.90. The van der Waals surface area contributed by atoms with E-state index in [9.17, 15) is 14.0 Å². The zero-order valence-corrected chi connectivity index (χ0v) is 20.3. The number of rotatable bonds is 5. The van der Waals surface area contributed by atoms with Gasteiger partial charge in [0.2, 0.25) is 0 Å². The van der Waals surface area contributed by atoms with Crippen LogP contribution in [0, 0.1) is 12.7 Å². The molecule has 2 heterocycles. The lowest BCUT2D eigenvalue weighted by Gasteiger charge is -2.20. The summed E-state index contributed by atoms with van der Waals surface area (Å²) in [5, 5.41) is 9.04. The largest absolute Gasteiger partial charge is 0.465 e. The second-order valence-electron chi connectivity index (χ2n) is 8.83. The molecule has 1 N–H and O–H groups in total. The number of nitrogens with zero attached hydrogens (tertiary/aromatic N) is 2. The van der Waals surface area contributed by atoms with E-state index in [-0.39, 0.29) is 17.0 Å². The minimum absolute atomic E-state index is 0.0771. The topological polar surface area (TPSA) is 86.4 Å². The molecule has 0 fully saturated rings. The van der Waals surface area contributed by atoms with Gasteiger partial charge in [0, 0.05) is 41.5 Å². The van der Waals surface area contributed by atoms with Crippen molar-refractivity contribution in [1.29, 1.82) is 0 Å². The summed E-state index contributed by atoms with van der Waals surface area (Å²) >= 11 is 0. The Kier molecular flexibility index (Phi) is 5.80. The van der Waals surface area contributed by atoms with Crippen molar-refractivity contribution in [2.45, 2.75) is 19.9 Å². The third-order valence-corrected chi connectivity index (χ3v) is 6.13. The fraction of sp³-hybridized carbons (Fsp3) is 0.179. The molecule has 5 rings (SSSR count). The summed E-state index contributed by atoms with van der Waals surface area (Å²) in [4.78, 5) is 25.4. The third-order valence-electron chi connectivity index (χ3n) is 6.13. The number of fused-ring (bicyclic) bond motifs is 2. The summed E-state index contributed by atoms with van der Waals surface area (Å²) in [5.74, 6) is -0.763. The highest BCUT2D eigenvalue weighted by molar-refractivity contribution is 5.96. The molecule has 182 valence electrons. The minimum Gasteiger partial charge on any atom is -0.465 e. The van der Waals surface area contributed by atoms with Gasteiger partial charge in [-0.05, 0) is 61.9 Å². The molecule has 2 aromatic heterocycles. The molecule has 36 heavy (non-hydrogen) atoms. The fourth-order valence-electron chi connectivity index (χ4n) is 4.43. The standard InChI is InChI=1S/C28H24FN3O4/c1-15-9-20(16(2)30-24-8-6-19(29)12-21(24)28(34)35-4)27-22(10-15)25(33)13-26(36-27)17-5-7-23-18(11-17)14-32(3)31-23/h5-14,16,30H,1-4H3. The van der Waals surface area contributed by atoms with Gasteiger partial charge in [0.1, 0.15) is 17.2 Å². The maximum Gasteiger partial charge on any atom is 0.340 e. The molecule has 0 amide bonds. The molecule has 0 saturated carbocycles. The Bertz CT molecular complexity index is 1700. The molecule has 0 radical (unpaired) electrons. The van der Waals surface area contributed by atoms with Crippen molar-refractivity contribution in [2.75, 3.05) is 12.4 Å². The summed E-state index contributed by atoms with van der Waals surface area (Å²) in [7, 11) is 3.10. The van der Waals surface area contributed by atoms with E-state index in [4.69, 9.17) is 9.15 Å². The zero-order chi connectivity index (χ0) is 25.6. The molecule has 1 unspecified atom stereocenters. The number of halogens is 1. The van der Waals surface area contributed by atoms with Crippen LogP contribution in [0.3, 0.4) is 0 Å². The third kappa shape index (κ3) is 4.22. The Morgan fingerprint density at radius 1 is 1.14 bits per heavy atom. The second kappa shape index (κ2) is 8.96. The number of methoxy groups -OCH3 is 1. The number of aryl methyl sites for hydroxylation is 2. The summed E-state index contributed by atoms with van der Waals surface area (Å²) in [6, 6.07) is 14.4. The number of ether oxygens (including phenoxy) is 1. The van der Waals surface area contributed by atoms with Gasteiger partial charge in [0.25, 0.3) is 0 Å². The lowest BCUT2D eigenvalue weighted by Crippen LogP contribution is -2.13. The number of aromatic nitrogens is 2. The van der Waals surface area contributed by atoms with Crippen LogP contribution in [0.5, 0.6) is 0 Å². The quantitative estimate of drug-likeness (QED) is 0.319. The highest BCUT2D eigenvalue weighted by atomic mass is 19.1. The van der Waals surface area contributed by atoms with Crippen LogP contribution in [-0.2, 0) is 11.8 Å². The van der Waals surface area contributed by atoms with Crippen LogP contribution in [0.1, 0.15) is 34.5 Å². The molecule has 0 aliphatic rings. The van der Waals surface area contributed by atoms with Gasteiger partial charge >= 0.3 is 5.97 Å². The van der Waals surface area contributed by atoms with Crippen molar-refractivity contribution < 1.29 is 18.3 Å². The molecule has 0 bridgehead atoms. The van der Waals surface area contributed by atoms with Crippen molar-refractivity contribution in [3.63, 3.8) is 0 Å². The van der Waals surface area contributed by atoms with Crippen LogP contribution < -0.4 is 10.7 Å². The van der Waals surface area contributed by atoms with E-state index in [1.807, 2.05) is 51.4 Å². The number of benzene rings is 3. The number of carbonyl (C=O) groups is 1. The smallest absolute Gasteiger partial charge is 0.340 e. The highest BCUT2D eigenvalue weighted by Crippen LogP contribution is 2.32. The van der Waals surface area contributed by atoms with Gasteiger partial charge in [-0.3, -0.25) is 9.48 Å². The van der Waals surface area contributed by atoms with Crippen LogP contribution >= 0.6 is 0 Å². The molecule has 5 aromatic rings. The van der Waals surface area contributed by atoms with Gasteiger partial charge in [0.15, 0.2) is 5.43 Å². The first-order valence-corrected chi connectivity index (χ1v) is 11.4. The van der Waals surface area contributed by atoms with Crippen molar-refractivity contribution in [1.82, 2.24) is 9.78 Å². The molecule has 0 aliphatic heterocycles. The van der Waals surface area contributed by atoms with E-state index in [2.05, 4.69) is 10.4 Å². The second-order valence-corrected chi connectivity index (χ2v) is 8.83. The first-order valence-electron chi connectivity index (χ1n) is 11.4. The van der Waals surface area contributed by atoms with Crippen LogP contribution in [-0.4, -0.2) is 22.9 Å². The summed E-state index contributed by atoms with van der Waals surface area (Å²) in [5.41, 5.74) is 3.98. The minimum atomic E-state index is -0.655. The normalized spacial score (nSPS) is 12.1. The Labute approximate surface area is 206 Å². The average Bonchev–Trinajstić information content (AvgIpc) is 3.23. The lowest BCUT2D eigenvalue weighted by atomic mass is 10.00. The van der Waals surface area contributed by atoms with Crippen molar-refractivity contribution in [3.8, 4) is 11.3 Å². The van der Waals surface area contributed by atoms with E-state index >= 15 is 0 Å². The van der Waals surface area contributed by atoms with Crippen LogP contribution in [0.15, 0.2) is 70.0 Å². The molecule has 1 atom stereocenters. The first-order chi connectivity index (χ1) is 17.2. The highest BCUT2D eigenvalue weighted by Gasteiger charge is 2.20. The van der Waals surface area contributed by atoms with Gasteiger partial charge in [-0.15, -0.1) is 0 Å². The Balaban J connectivity index is 1.62. The van der Waals surface area contributed by atoms with Crippen molar-refractivity contribution >= 4 is 33.5 Å². The van der Waals surface area contributed by atoms with Gasteiger partial charge in [0.05, 0.1) is 29.6 Å². The SMILES string of the molecule is COC(=O)c1cc(F)ccc1NC(C)c1cc(C)cc2c(=O)cc(-c3ccc4nn(C)cc4c3)oc12. The molecule has 0 saturated heterocycles. The monoisotopic (exact) mass is 485 g/mol. The molecule has 3 aromatic carbocycles. The van der Waals surface area contributed by atoms with E-state index < -0.39 is 11.8 Å². The van der Waals surface area contributed by atoms with E-state index in [0.29, 0.717) is 22.4 Å². The molecular formula is C28H24FN3O4. The predicted molar refractivity (Wildman–Crippen MR) is 137 cm³/mol. The molecule has 0 aliphatic carbocycles. The average molecular weight is 486 g/mol. The first kappa shape index (κ1) is 23.3.